The van der Waals surface area contributed by atoms with Gasteiger partial charge in [0.1, 0.15) is 6.04 Å². The minimum Gasteiger partial charge on any atom is -0.480 e. The van der Waals surface area contributed by atoms with Crippen molar-refractivity contribution in [1.82, 2.24) is 4.90 Å². The van der Waals surface area contributed by atoms with Crippen LogP contribution in [0.4, 0.5) is 0 Å². The van der Waals surface area contributed by atoms with Crippen LogP contribution in [0.15, 0.2) is 12.2 Å². The SMILES string of the molecule is O=C(O)C1CCCCCN1C1C=CCCC1. The molecule has 1 aliphatic heterocycles. The maximum atomic E-state index is 11.3. The van der Waals surface area contributed by atoms with Crippen LogP contribution in [0, 0.1) is 0 Å². The molecule has 3 nitrogen and oxygen atoms in total. The summed E-state index contributed by atoms with van der Waals surface area (Å²) < 4.78 is 0. The molecular formula is C13H21NO2. The number of carboxylic acid groups (broad SMARTS) is 1. The van der Waals surface area contributed by atoms with Gasteiger partial charge in [-0.1, -0.05) is 25.0 Å². The highest BCUT2D eigenvalue weighted by Crippen LogP contribution is 2.24. The van der Waals surface area contributed by atoms with Gasteiger partial charge in [-0.25, -0.2) is 0 Å². The fraction of sp³-hybridized carbons (Fsp3) is 0.769. The quantitative estimate of drug-likeness (QED) is 0.731. The van der Waals surface area contributed by atoms with Crippen molar-refractivity contribution in [2.24, 2.45) is 0 Å². The van der Waals surface area contributed by atoms with Gasteiger partial charge in [0.05, 0.1) is 0 Å². The summed E-state index contributed by atoms with van der Waals surface area (Å²) in [4.78, 5) is 13.5. The van der Waals surface area contributed by atoms with Crippen molar-refractivity contribution in [3.8, 4) is 0 Å². The Labute approximate surface area is 97.1 Å². The summed E-state index contributed by atoms with van der Waals surface area (Å²) in [7, 11) is 0. The number of nitrogens with zero attached hydrogens (tertiary/aromatic N) is 1. The average molecular weight is 223 g/mol. The summed E-state index contributed by atoms with van der Waals surface area (Å²) >= 11 is 0. The average Bonchev–Trinajstić information content (AvgIpc) is 2.55. The Morgan fingerprint density at radius 3 is 2.75 bits per heavy atom. The van der Waals surface area contributed by atoms with Crippen molar-refractivity contribution >= 4 is 5.97 Å². The van der Waals surface area contributed by atoms with E-state index in [-0.39, 0.29) is 6.04 Å². The number of carbonyl (C=O) groups is 1. The van der Waals surface area contributed by atoms with Crippen molar-refractivity contribution in [2.75, 3.05) is 6.54 Å². The Kier molecular flexibility index (Phi) is 3.99. The number of hydrogen-bond acceptors (Lipinski definition) is 2. The summed E-state index contributed by atoms with van der Waals surface area (Å²) in [6, 6.07) is 0.114. The lowest BCUT2D eigenvalue weighted by atomic mass is 9.99. The van der Waals surface area contributed by atoms with Crippen molar-refractivity contribution in [3.05, 3.63) is 12.2 Å². The first kappa shape index (κ1) is 11.6. The molecule has 90 valence electrons. The van der Waals surface area contributed by atoms with Crippen LogP contribution >= 0.6 is 0 Å². The topological polar surface area (TPSA) is 40.5 Å². The standard InChI is InChI=1S/C13H21NO2/c15-13(16)12-9-5-2-6-10-14(12)11-7-3-1-4-8-11/h3,7,11-12H,1-2,4-6,8-10H2,(H,15,16). The van der Waals surface area contributed by atoms with Crippen LogP contribution in [0.1, 0.15) is 44.9 Å². The first-order valence-corrected chi connectivity index (χ1v) is 6.44. The van der Waals surface area contributed by atoms with E-state index < -0.39 is 5.97 Å². The maximum absolute atomic E-state index is 11.3. The van der Waals surface area contributed by atoms with Gasteiger partial charge >= 0.3 is 5.97 Å². The van der Waals surface area contributed by atoms with Crippen LogP contribution in [-0.2, 0) is 4.79 Å². The van der Waals surface area contributed by atoms with Crippen LogP contribution < -0.4 is 0 Å². The summed E-state index contributed by atoms with van der Waals surface area (Å²) in [5.74, 6) is -0.638. The van der Waals surface area contributed by atoms with Crippen molar-refractivity contribution in [3.63, 3.8) is 0 Å². The van der Waals surface area contributed by atoms with E-state index in [0.29, 0.717) is 6.04 Å². The highest BCUT2D eigenvalue weighted by atomic mass is 16.4. The molecule has 1 saturated heterocycles. The van der Waals surface area contributed by atoms with Gasteiger partial charge in [0.2, 0.25) is 0 Å². The Balaban J connectivity index is 2.09. The molecule has 16 heavy (non-hydrogen) atoms. The van der Waals surface area contributed by atoms with Gasteiger partial charge < -0.3 is 5.11 Å². The molecule has 2 aliphatic rings. The van der Waals surface area contributed by atoms with E-state index in [2.05, 4.69) is 17.1 Å². The summed E-state index contributed by atoms with van der Waals surface area (Å²) in [5.41, 5.74) is 0. The van der Waals surface area contributed by atoms with E-state index in [0.717, 1.165) is 38.6 Å². The fourth-order valence-electron chi connectivity index (χ4n) is 2.86. The highest BCUT2D eigenvalue weighted by molar-refractivity contribution is 5.73. The molecule has 0 radical (unpaired) electrons. The van der Waals surface area contributed by atoms with E-state index in [1.807, 2.05) is 0 Å². The molecule has 2 rings (SSSR count). The van der Waals surface area contributed by atoms with Crippen molar-refractivity contribution in [1.29, 1.82) is 0 Å². The Bertz CT molecular complexity index is 275. The predicted octanol–water partition coefficient (Wildman–Crippen LogP) is 2.42. The van der Waals surface area contributed by atoms with Crippen molar-refractivity contribution < 1.29 is 9.90 Å². The molecule has 0 aromatic rings. The van der Waals surface area contributed by atoms with E-state index >= 15 is 0 Å². The predicted molar refractivity (Wildman–Crippen MR) is 63.4 cm³/mol. The van der Waals surface area contributed by atoms with Gasteiger partial charge in [0.25, 0.3) is 0 Å². The minimum atomic E-state index is -0.638. The normalized spacial score (nSPS) is 32.2. The van der Waals surface area contributed by atoms with Crippen molar-refractivity contribution in [2.45, 2.75) is 57.0 Å². The number of carboxylic acids is 1. The zero-order chi connectivity index (χ0) is 11.4. The molecule has 1 N–H and O–H groups in total. The molecule has 2 atom stereocenters. The van der Waals surface area contributed by atoms with Crippen LogP contribution in [-0.4, -0.2) is 34.6 Å². The van der Waals surface area contributed by atoms with Gasteiger partial charge in [0, 0.05) is 6.04 Å². The minimum absolute atomic E-state index is 0.254. The first-order valence-electron chi connectivity index (χ1n) is 6.44. The third kappa shape index (κ3) is 2.64. The summed E-state index contributed by atoms with van der Waals surface area (Å²) in [5, 5.41) is 9.30. The second-order valence-electron chi connectivity index (χ2n) is 4.87. The maximum Gasteiger partial charge on any atom is 0.320 e. The largest absolute Gasteiger partial charge is 0.480 e. The molecule has 0 aromatic carbocycles. The first-order chi connectivity index (χ1) is 7.79. The fourth-order valence-corrected chi connectivity index (χ4v) is 2.86. The molecule has 0 amide bonds. The lowest BCUT2D eigenvalue weighted by Gasteiger charge is -2.34. The molecule has 0 saturated carbocycles. The van der Waals surface area contributed by atoms with Crippen LogP contribution in [0.2, 0.25) is 0 Å². The molecule has 3 heteroatoms. The second kappa shape index (κ2) is 5.48. The monoisotopic (exact) mass is 223 g/mol. The lowest BCUT2D eigenvalue weighted by molar-refractivity contribution is -0.144. The highest BCUT2D eigenvalue weighted by Gasteiger charge is 2.31. The zero-order valence-corrected chi connectivity index (χ0v) is 9.77. The lowest BCUT2D eigenvalue weighted by Crippen LogP contribution is -2.46. The van der Waals surface area contributed by atoms with Gasteiger partial charge in [0.15, 0.2) is 0 Å². The van der Waals surface area contributed by atoms with E-state index in [1.165, 1.54) is 12.8 Å². The summed E-state index contributed by atoms with van der Waals surface area (Å²) in [6.45, 7) is 0.950. The molecule has 0 bridgehead atoms. The zero-order valence-electron chi connectivity index (χ0n) is 9.77. The summed E-state index contributed by atoms with van der Waals surface area (Å²) in [6.07, 6.45) is 12.1. The van der Waals surface area contributed by atoms with Crippen LogP contribution in [0.25, 0.3) is 0 Å². The number of allylic oxidation sites excluding steroid dienone is 1. The van der Waals surface area contributed by atoms with E-state index in [4.69, 9.17) is 0 Å². The molecule has 1 fully saturated rings. The van der Waals surface area contributed by atoms with Gasteiger partial charge in [-0.05, 0) is 38.6 Å². The third-order valence-corrected chi connectivity index (χ3v) is 3.73. The number of hydrogen-bond donors (Lipinski definition) is 1. The van der Waals surface area contributed by atoms with Gasteiger partial charge in [-0.15, -0.1) is 0 Å². The van der Waals surface area contributed by atoms with Crippen LogP contribution in [0.5, 0.6) is 0 Å². The Hall–Kier alpha value is -0.830. The molecular weight excluding hydrogens is 202 g/mol. The molecule has 1 heterocycles. The Morgan fingerprint density at radius 2 is 2.06 bits per heavy atom. The smallest absolute Gasteiger partial charge is 0.320 e. The number of likely N-dealkylation sites (tertiary alicyclic amines) is 1. The van der Waals surface area contributed by atoms with E-state index in [1.54, 1.807) is 0 Å². The third-order valence-electron chi connectivity index (χ3n) is 3.73. The van der Waals surface area contributed by atoms with E-state index in [9.17, 15) is 9.90 Å². The van der Waals surface area contributed by atoms with Gasteiger partial charge in [-0.3, -0.25) is 9.69 Å². The second-order valence-corrected chi connectivity index (χ2v) is 4.87. The molecule has 2 unspecified atom stereocenters. The van der Waals surface area contributed by atoms with Gasteiger partial charge in [-0.2, -0.15) is 0 Å². The molecule has 0 aromatic heterocycles. The number of aliphatic carboxylic acids is 1. The number of rotatable bonds is 2. The molecule has 0 spiro atoms. The Morgan fingerprint density at radius 1 is 1.19 bits per heavy atom. The molecule has 1 aliphatic carbocycles. The van der Waals surface area contributed by atoms with Crippen LogP contribution in [0.3, 0.4) is 0 Å².